The number of hydrogen-bond donors (Lipinski definition) is 0. The third-order valence-electron chi connectivity index (χ3n) is 10.3. The molecular formula is C41H80O4. The number of unbranched alkanes of at least 4 members (excludes halogenated alkanes) is 14. The molecule has 268 valence electrons. The maximum Gasteiger partial charge on any atom is 0.309 e. The van der Waals surface area contributed by atoms with Gasteiger partial charge in [-0.3, -0.25) is 9.59 Å². The van der Waals surface area contributed by atoms with Gasteiger partial charge < -0.3 is 9.47 Å². The lowest BCUT2D eigenvalue weighted by molar-refractivity contribution is -0.155. The highest BCUT2D eigenvalue weighted by atomic mass is 16.5. The fraction of sp³-hybridized carbons (Fsp3) is 0.951. The maximum absolute atomic E-state index is 13.2. The molecule has 0 saturated carbocycles. The molecule has 0 N–H and O–H groups in total. The van der Waals surface area contributed by atoms with Crippen molar-refractivity contribution in [3.05, 3.63) is 0 Å². The molecule has 0 fully saturated rings. The lowest BCUT2D eigenvalue weighted by Crippen LogP contribution is -2.34. The van der Waals surface area contributed by atoms with Gasteiger partial charge in [0.15, 0.2) is 0 Å². The molecule has 0 amide bonds. The van der Waals surface area contributed by atoms with E-state index in [1.807, 2.05) is 0 Å². The molecule has 0 spiro atoms. The lowest BCUT2D eigenvalue weighted by atomic mass is 9.74. The molecule has 0 bridgehead atoms. The van der Waals surface area contributed by atoms with Crippen LogP contribution in [0.2, 0.25) is 0 Å². The van der Waals surface area contributed by atoms with E-state index >= 15 is 0 Å². The Morgan fingerprint density at radius 1 is 0.489 bits per heavy atom. The van der Waals surface area contributed by atoms with Gasteiger partial charge >= 0.3 is 11.9 Å². The second-order valence-corrected chi connectivity index (χ2v) is 15.0. The Bertz CT molecular complexity index is 672. The molecular weight excluding hydrogens is 556 g/mol. The zero-order valence-corrected chi connectivity index (χ0v) is 31.8. The minimum absolute atomic E-state index is 0.00252. The van der Waals surface area contributed by atoms with E-state index in [2.05, 4.69) is 55.4 Å². The molecule has 0 aliphatic heterocycles. The Balaban J connectivity index is 3.95. The van der Waals surface area contributed by atoms with Crippen molar-refractivity contribution in [3.63, 3.8) is 0 Å². The normalized spacial score (nSPS) is 14.4. The summed E-state index contributed by atoms with van der Waals surface area (Å²) in [5, 5.41) is 0. The number of esters is 2. The van der Waals surface area contributed by atoms with E-state index in [0.29, 0.717) is 49.2 Å². The van der Waals surface area contributed by atoms with E-state index in [4.69, 9.17) is 9.47 Å². The van der Waals surface area contributed by atoms with Crippen molar-refractivity contribution < 1.29 is 19.1 Å². The maximum atomic E-state index is 13.2. The standard InChI is InChI=1S/C41H80O4/c1-9-13-28-36(11-3)32-44-39(42)31-27-25-23-21-19-17-15-16-18-20-22-24-26-30-38(34(5)6)40(35(7)8)41(43)45-33-37(12-4)29-14-10-2/h34-38,40H,9-33H2,1-8H3. The molecule has 45 heavy (non-hydrogen) atoms. The van der Waals surface area contributed by atoms with E-state index in [1.165, 1.54) is 109 Å². The number of carbonyl (C=O) groups excluding carboxylic acids is 2. The molecule has 0 aliphatic rings. The van der Waals surface area contributed by atoms with Crippen molar-refractivity contribution in [1.29, 1.82) is 0 Å². The zero-order chi connectivity index (χ0) is 33.7. The van der Waals surface area contributed by atoms with Crippen LogP contribution < -0.4 is 0 Å². The molecule has 4 unspecified atom stereocenters. The molecule has 0 radical (unpaired) electrons. The Morgan fingerprint density at radius 3 is 1.31 bits per heavy atom. The third-order valence-corrected chi connectivity index (χ3v) is 10.3. The van der Waals surface area contributed by atoms with E-state index in [9.17, 15) is 9.59 Å². The van der Waals surface area contributed by atoms with Crippen molar-refractivity contribution in [2.45, 2.75) is 203 Å². The van der Waals surface area contributed by atoms with Gasteiger partial charge in [-0.1, -0.05) is 171 Å². The molecule has 0 saturated heterocycles. The zero-order valence-electron chi connectivity index (χ0n) is 31.8. The van der Waals surface area contributed by atoms with Gasteiger partial charge in [-0.2, -0.15) is 0 Å². The Hall–Kier alpha value is -1.06. The first-order valence-electron chi connectivity index (χ1n) is 20.0. The SMILES string of the molecule is CCCCC(CC)COC(=O)CCCCCCCCCCCCCCCC(C(C)C)C(C(=O)OCC(CC)CCCC)C(C)C. The quantitative estimate of drug-likeness (QED) is 0.0544. The Morgan fingerprint density at radius 2 is 0.911 bits per heavy atom. The summed E-state index contributed by atoms with van der Waals surface area (Å²) >= 11 is 0. The Labute approximate surface area is 282 Å². The van der Waals surface area contributed by atoms with Crippen molar-refractivity contribution in [2.75, 3.05) is 13.2 Å². The summed E-state index contributed by atoms with van der Waals surface area (Å²) in [6, 6.07) is 0. The molecule has 4 atom stereocenters. The molecule has 0 aromatic rings. The summed E-state index contributed by atoms with van der Waals surface area (Å²) < 4.78 is 11.5. The van der Waals surface area contributed by atoms with Crippen LogP contribution in [0, 0.1) is 35.5 Å². The van der Waals surface area contributed by atoms with Gasteiger partial charge in [-0.15, -0.1) is 0 Å². The fourth-order valence-corrected chi connectivity index (χ4v) is 6.84. The fourth-order valence-electron chi connectivity index (χ4n) is 6.84. The highest BCUT2D eigenvalue weighted by Gasteiger charge is 2.34. The van der Waals surface area contributed by atoms with Crippen LogP contribution in [0.4, 0.5) is 0 Å². The molecule has 0 rings (SSSR count). The second kappa shape index (κ2) is 30.3. The third kappa shape index (κ3) is 23.8. The summed E-state index contributed by atoms with van der Waals surface area (Å²) in [6.07, 6.45) is 27.7. The largest absolute Gasteiger partial charge is 0.465 e. The van der Waals surface area contributed by atoms with Crippen LogP contribution in [0.1, 0.15) is 203 Å². The van der Waals surface area contributed by atoms with Crippen LogP contribution in [-0.4, -0.2) is 25.2 Å². The first kappa shape index (κ1) is 43.9. The first-order chi connectivity index (χ1) is 21.7. The van der Waals surface area contributed by atoms with Gasteiger partial charge in [-0.25, -0.2) is 0 Å². The number of carbonyl (C=O) groups is 2. The van der Waals surface area contributed by atoms with Crippen molar-refractivity contribution in [2.24, 2.45) is 35.5 Å². The van der Waals surface area contributed by atoms with Crippen LogP contribution in [-0.2, 0) is 19.1 Å². The molecule has 0 aromatic carbocycles. The molecule has 4 heteroatoms. The van der Waals surface area contributed by atoms with Gasteiger partial charge in [-0.05, 0) is 55.3 Å². The highest BCUT2D eigenvalue weighted by Crippen LogP contribution is 2.33. The van der Waals surface area contributed by atoms with Crippen LogP contribution in [0.3, 0.4) is 0 Å². The van der Waals surface area contributed by atoms with Gasteiger partial charge in [0.1, 0.15) is 0 Å². The van der Waals surface area contributed by atoms with Crippen LogP contribution >= 0.6 is 0 Å². The minimum Gasteiger partial charge on any atom is -0.465 e. The van der Waals surface area contributed by atoms with E-state index in [-0.39, 0.29) is 17.9 Å². The van der Waals surface area contributed by atoms with E-state index < -0.39 is 0 Å². The predicted molar refractivity (Wildman–Crippen MR) is 194 cm³/mol. The summed E-state index contributed by atoms with van der Waals surface area (Å²) in [7, 11) is 0. The van der Waals surface area contributed by atoms with Crippen LogP contribution in [0.15, 0.2) is 0 Å². The molecule has 4 nitrogen and oxygen atoms in total. The van der Waals surface area contributed by atoms with Gasteiger partial charge in [0.2, 0.25) is 0 Å². The number of rotatable bonds is 32. The van der Waals surface area contributed by atoms with E-state index in [0.717, 1.165) is 32.1 Å². The van der Waals surface area contributed by atoms with Crippen molar-refractivity contribution >= 4 is 11.9 Å². The molecule has 0 heterocycles. The topological polar surface area (TPSA) is 52.6 Å². The molecule has 0 aliphatic carbocycles. The predicted octanol–water partition coefficient (Wildman–Crippen LogP) is 12.9. The average Bonchev–Trinajstić information content (AvgIpc) is 3.02. The summed E-state index contributed by atoms with van der Waals surface area (Å²) in [5.41, 5.74) is 0. The monoisotopic (exact) mass is 637 g/mol. The Kier molecular flexibility index (Phi) is 29.6. The smallest absolute Gasteiger partial charge is 0.309 e. The van der Waals surface area contributed by atoms with E-state index in [1.54, 1.807) is 0 Å². The van der Waals surface area contributed by atoms with Gasteiger partial charge in [0, 0.05) is 6.42 Å². The number of ether oxygens (including phenoxy) is 2. The summed E-state index contributed by atoms with van der Waals surface area (Å²) in [5.74, 6) is 2.35. The van der Waals surface area contributed by atoms with Crippen LogP contribution in [0.5, 0.6) is 0 Å². The van der Waals surface area contributed by atoms with Crippen molar-refractivity contribution in [1.82, 2.24) is 0 Å². The summed E-state index contributed by atoms with van der Waals surface area (Å²) in [6.45, 7) is 19.1. The van der Waals surface area contributed by atoms with Gasteiger partial charge in [0.05, 0.1) is 19.1 Å². The summed E-state index contributed by atoms with van der Waals surface area (Å²) in [4.78, 5) is 25.3. The van der Waals surface area contributed by atoms with Crippen LogP contribution in [0.25, 0.3) is 0 Å². The second-order valence-electron chi connectivity index (χ2n) is 15.0. The van der Waals surface area contributed by atoms with Gasteiger partial charge in [0.25, 0.3) is 0 Å². The van der Waals surface area contributed by atoms with Crippen molar-refractivity contribution in [3.8, 4) is 0 Å². The number of hydrogen-bond acceptors (Lipinski definition) is 4. The average molecular weight is 637 g/mol. The highest BCUT2D eigenvalue weighted by molar-refractivity contribution is 5.73. The minimum atomic E-state index is 0.00252. The molecule has 0 aromatic heterocycles. The first-order valence-corrected chi connectivity index (χ1v) is 20.0. The lowest BCUT2D eigenvalue weighted by Gasteiger charge is -2.32.